The minimum atomic E-state index is -3.79. The van der Waals surface area contributed by atoms with Gasteiger partial charge in [0.15, 0.2) is 0 Å². The van der Waals surface area contributed by atoms with Gasteiger partial charge in [0.2, 0.25) is 10.0 Å². The molecule has 2 unspecified atom stereocenters. The number of hydrogen-bond acceptors (Lipinski definition) is 3. The van der Waals surface area contributed by atoms with Crippen molar-refractivity contribution in [1.29, 1.82) is 0 Å². The zero-order valence-electron chi connectivity index (χ0n) is 11.2. The van der Waals surface area contributed by atoms with Crippen LogP contribution in [0.4, 0.5) is 4.39 Å². The van der Waals surface area contributed by atoms with Gasteiger partial charge in [-0.3, -0.25) is 0 Å². The van der Waals surface area contributed by atoms with E-state index in [0.717, 1.165) is 24.6 Å². The number of aromatic carboxylic acids is 1. The maximum Gasteiger partial charge on any atom is 0.338 e. The molecule has 0 aliphatic heterocycles. The molecule has 110 valence electrons. The number of rotatable bonds is 5. The molecule has 0 amide bonds. The van der Waals surface area contributed by atoms with Crippen molar-refractivity contribution in [1.82, 2.24) is 4.31 Å². The van der Waals surface area contributed by atoms with Crippen molar-refractivity contribution in [3.63, 3.8) is 0 Å². The van der Waals surface area contributed by atoms with E-state index in [-0.39, 0.29) is 4.90 Å². The third-order valence-corrected chi connectivity index (χ3v) is 5.46. The van der Waals surface area contributed by atoms with Crippen LogP contribution in [0, 0.1) is 17.7 Å². The largest absolute Gasteiger partial charge is 0.478 e. The summed E-state index contributed by atoms with van der Waals surface area (Å²) in [5.41, 5.74) is -0.640. The number of carbonyl (C=O) groups is 1. The highest BCUT2D eigenvalue weighted by Crippen LogP contribution is 2.38. The van der Waals surface area contributed by atoms with Crippen LogP contribution in [0.5, 0.6) is 0 Å². The van der Waals surface area contributed by atoms with Gasteiger partial charge >= 0.3 is 5.97 Å². The zero-order valence-corrected chi connectivity index (χ0v) is 12.0. The van der Waals surface area contributed by atoms with Crippen LogP contribution in [0.1, 0.15) is 23.7 Å². The van der Waals surface area contributed by atoms with Crippen molar-refractivity contribution in [2.75, 3.05) is 13.6 Å². The molecule has 0 saturated heterocycles. The highest BCUT2D eigenvalue weighted by atomic mass is 32.2. The van der Waals surface area contributed by atoms with Crippen molar-refractivity contribution in [2.24, 2.45) is 11.8 Å². The van der Waals surface area contributed by atoms with Crippen molar-refractivity contribution >= 4 is 16.0 Å². The number of sulfonamides is 1. The number of halogens is 1. The first-order chi connectivity index (χ1) is 9.23. The first-order valence-electron chi connectivity index (χ1n) is 6.22. The second kappa shape index (κ2) is 5.14. The smallest absolute Gasteiger partial charge is 0.338 e. The van der Waals surface area contributed by atoms with Crippen molar-refractivity contribution in [3.05, 3.63) is 29.6 Å². The van der Waals surface area contributed by atoms with Crippen LogP contribution in [0.25, 0.3) is 0 Å². The maximum absolute atomic E-state index is 13.3. The summed E-state index contributed by atoms with van der Waals surface area (Å²) >= 11 is 0. The Bertz CT molecular complexity index is 644. The van der Waals surface area contributed by atoms with Gasteiger partial charge in [-0.1, -0.05) is 6.92 Å². The van der Waals surface area contributed by atoms with E-state index in [1.807, 2.05) is 6.92 Å². The Hall–Kier alpha value is -1.47. The lowest BCUT2D eigenvalue weighted by Gasteiger charge is -2.17. The van der Waals surface area contributed by atoms with E-state index in [4.69, 9.17) is 5.11 Å². The Balaban J connectivity index is 2.29. The molecule has 1 aromatic carbocycles. The minimum Gasteiger partial charge on any atom is -0.478 e. The average molecular weight is 301 g/mol. The zero-order chi connectivity index (χ0) is 15.1. The summed E-state index contributed by atoms with van der Waals surface area (Å²) in [6.07, 6.45) is 0.990. The number of nitrogens with zero attached hydrogens (tertiary/aromatic N) is 1. The lowest BCUT2D eigenvalue weighted by Crippen LogP contribution is -2.29. The Kier molecular flexibility index (Phi) is 3.84. The second-order valence-electron chi connectivity index (χ2n) is 5.21. The second-order valence-corrected chi connectivity index (χ2v) is 7.25. The molecule has 2 atom stereocenters. The van der Waals surface area contributed by atoms with E-state index in [9.17, 15) is 17.6 Å². The van der Waals surface area contributed by atoms with E-state index < -0.39 is 27.4 Å². The van der Waals surface area contributed by atoms with Gasteiger partial charge < -0.3 is 5.11 Å². The first-order valence-corrected chi connectivity index (χ1v) is 7.66. The van der Waals surface area contributed by atoms with Gasteiger partial charge in [-0.25, -0.2) is 21.9 Å². The SMILES string of the molecule is CC1CC1CN(C)S(=O)(=O)c1ccc(F)c(C(=O)O)c1. The van der Waals surface area contributed by atoms with Crippen LogP contribution in [-0.4, -0.2) is 37.4 Å². The van der Waals surface area contributed by atoms with Crippen LogP contribution >= 0.6 is 0 Å². The molecule has 1 aliphatic carbocycles. The summed E-state index contributed by atoms with van der Waals surface area (Å²) in [6.45, 7) is 2.44. The number of carboxylic acid groups (broad SMARTS) is 1. The summed E-state index contributed by atoms with van der Waals surface area (Å²) in [7, 11) is -2.34. The summed E-state index contributed by atoms with van der Waals surface area (Å²) < 4.78 is 39.1. The quantitative estimate of drug-likeness (QED) is 0.900. The van der Waals surface area contributed by atoms with Gasteiger partial charge in [0.05, 0.1) is 10.5 Å². The molecule has 0 bridgehead atoms. The maximum atomic E-state index is 13.3. The normalized spacial score (nSPS) is 22.0. The van der Waals surface area contributed by atoms with Gasteiger partial charge in [-0.15, -0.1) is 0 Å². The van der Waals surface area contributed by atoms with E-state index in [1.54, 1.807) is 0 Å². The molecule has 0 radical (unpaired) electrons. The van der Waals surface area contributed by atoms with Gasteiger partial charge in [-0.05, 0) is 36.5 Å². The lowest BCUT2D eigenvalue weighted by atomic mass is 10.2. The average Bonchev–Trinajstić information content (AvgIpc) is 3.04. The molecule has 0 aromatic heterocycles. The molecule has 5 nitrogen and oxygen atoms in total. The molecular weight excluding hydrogens is 285 g/mol. The molecular formula is C13H16FNO4S. The highest BCUT2D eigenvalue weighted by molar-refractivity contribution is 7.89. The Morgan fingerprint density at radius 3 is 2.60 bits per heavy atom. The van der Waals surface area contributed by atoms with Crippen LogP contribution in [-0.2, 0) is 10.0 Å². The summed E-state index contributed by atoms with van der Waals surface area (Å²) in [5.74, 6) is -1.59. The third kappa shape index (κ3) is 2.83. The lowest BCUT2D eigenvalue weighted by molar-refractivity contribution is 0.0691. The predicted molar refractivity (Wildman–Crippen MR) is 70.4 cm³/mol. The molecule has 1 aromatic rings. The van der Waals surface area contributed by atoms with E-state index in [2.05, 4.69) is 0 Å². The van der Waals surface area contributed by atoms with Crippen LogP contribution < -0.4 is 0 Å². The fraction of sp³-hybridized carbons (Fsp3) is 0.462. The molecule has 2 rings (SSSR count). The molecule has 1 fully saturated rings. The minimum absolute atomic E-state index is 0.202. The third-order valence-electron chi connectivity index (χ3n) is 3.64. The number of hydrogen-bond donors (Lipinski definition) is 1. The summed E-state index contributed by atoms with van der Waals surface area (Å²) in [5, 5.41) is 8.84. The Morgan fingerprint density at radius 1 is 1.50 bits per heavy atom. The van der Waals surface area contributed by atoms with E-state index in [1.165, 1.54) is 11.4 Å². The molecule has 1 saturated carbocycles. The van der Waals surface area contributed by atoms with Gasteiger partial charge in [0.25, 0.3) is 0 Å². The predicted octanol–water partition coefficient (Wildman–Crippen LogP) is 1.80. The number of benzene rings is 1. The van der Waals surface area contributed by atoms with Gasteiger partial charge in [0.1, 0.15) is 5.82 Å². The van der Waals surface area contributed by atoms with Gasteiger partial charge in [-0.2, -0.15) is 0 Å². The molecule has 0 heterocycles. The fourth-order valence-electron chi connectivity index (χ4n) is 2.09. The standard InChI is InChI=1S/C13H16FNO4S/c1-8-5-9(8)7-15(2)20(18,19)10-3-4-12(14)11(6-10)13(16)17/h3-4,6,8-9H,5,7H2,1-2H3,(H,16,17). The van der Waals surface area contributed by atoms with Gasteiger partial charge in [0, 0.05) is 13.6 Å². The molecule has 1 N–H and O–H groups in total. The van der Waals surface area contributed by atoms with Crippen molar-refractivity contribution in [3.8, 4) is 0 Å². The van der Waals surface area contributed by atoms with Crippen LogP contribution in [0.15, 0.2) is 23.1 Å². The molecule has 1 aliphatic rings. The van der Waals surface area contributed by atoms with E-state index in [0.29, 0.717) is 18.4 Å². The topological polar surface area (TPSA) is 74.7 Å². The van der Waals surface area contributed by atoms with Crippen molar-refractivity contribution < 1.29 is 22.7 Å². The Labute approximate surface area is 117 Å². The van der Waals surface area contributed by atoms with Crippen LogP contribution in [0.2, 0.25) is 0 Å². The molecule has 7 heteroatoms. The van der Waals surface area contributed by atoms with Crippen molar-refractivity contribution in [2.45, 2.75) is 18.2 Å². The first kappa shape index (κ1) is 14.9. The summed E-state index contributed by atoms with van der Waals surface area (Å²) in [4.78, 5) is 10.7. The number of carboxylic acids is 1. The van der Waals surface area contributed by atoms with Crippen LogP contribution in [0.3, 0.4) is 0 Å². The monoisotopic (exact) mass is 301 g/mol. The summed E-state index contributed by atoms with van der Waals surface area (Å²) in [6, 6.07) is 2.81. The fourth-order valence-corrected chi connectivity index (χ4v) is 3.34. The molecule has 0 spiro atoms. The Morgan fingerprint density at radius 2 is 2.10 bits per heavy atom. The molecule has 20 heavy (non-hydrogen) atoms. The highest BCUT2D eigenvalue weighted by Gasteiger charge is 2.36. The van der Waals surface area contributed by atoms with E-state index >= 15 is 0 Å².